The van der Waals surface area contributed by atoms with E-state index in [4.69, 9.17) is 21.3 Å². The highest BCUT2D eigenvalue weighted by atomic mass is 79.9. The molecule has 0 spiro atoms. The summed E-state index contributed by atoms with van der Waals surface area (Å²) in [4.78, 5) is 43.8. The van der Waals surface area contributed by atoms with Crippen molar-refractivity contribution in [3.05, 3.63) is 60.7 Å². The van der Waals surface area contributed by atoms with Crippen LogP contribution in [0.2, 0.25) is 5.02 Å². The van der Waals surface area contributed by atoms with Gasteiger partial charge in [-0.3, -0.25) is 14.6 Å². The van der Waals surface area contributed by atoms with Crippen molar-refractivity contribution in [2.45, 2.75) is 76.7 Å². The van der Waals surface area contributed by atoms with Crippen LogP contribution in [0.1, 0.15) is 80.2 Å². The number of amides is 2. The monoisotopic (exact) mass is 707 g/mol. The van der Waals surface area contributed by atoms with Gasteiger partial charge in [0.15, 0.2) is 0 Å². The van der Waals surface area contributed by atoms with Gasteiger partial charge in [-0.25, -0.2) is 4.79 Å². The van der Waals surface area contributed by atoms with Crippen molar-refractivity contribution in [2.75, 3.05) is 19.7 Å². The van der Waals surface area contributed by atoms with E-state index in [0.717, 1.165) is 84.1 Å². The Bertz CT molecular complexity index is 1310. The Balaban J connectivity index is 1.20. The van der Waals surface area contributed by atoms with Gasteiger partial charge in [0.1, 0.15) is 0 Å². The fourth-order valence-electron chi connectivity index (χ4n) is 6.84. The fraction of sp³-hybridized carbons (Fsp3) is 0.548. The summed E-state index contributed by atoms with van der Waals surface area (Å²) in [7, 11) is 0. The van der Waals surface area contributed by atoms with E-state index in [9.17, 15) is 14.4 Å². The van der Waals surface area contributed by atoms with Crippen LogP contribution < -0.4 is 5.32 Å². The number of aromatic nitrogens is 1. The molecule has 41 heavy (non-hydrogen) atoms. The van der Waals surface area contributed by atoms with E-state index < -0.39 is 11.9 Å². The average molecular weight is 710 g/mol. The molecule has 2 aliphatic carbocycles. The molecule has 2 amide bonds. The van der Waals surface area contributed by atoms with Crippen LogP contribution in [0.5, 0.6) is 0 Å². The number of nitrogens with zero attached hydrogens (tertiary/aromatic N) is 2. The van der Waals surface area contributed by atoms with E-state index in [1.165, 1.54) is 16.7 Å². The molecule has 2 fully saturated rings. The Morgan fingerprint density at radius 2 is 1.73 bits per heavy atom. The van der Waals surface area contributed by atoms with Gasteiger partial charge in [0.05, 0.1) is 12.3 Å². The Morgan fingerprint density at radius 3 is 2.44 bits per heavy atom. The highest BCUT2D eigenvalue weighted by Crippen LogP contribution is 2.46. The highest BCUT2D eigenvalue weighted by Gasteiger charge is 2.37. The molecule has 1 N–H and O–H groups in total. The quantitative estimate of drug-likeness (QED) is 0.289. The summed E-state index contributed by atoms with van der Waals surface area (Å²) in [6, 6.07) is 6.26. The van der Waals surface area contributed by atoms with Crippen LogP contribution in [0.25, 0.3) is 0 Å². The number of piperidine rings is 1. The standard InChI is InChI=1S/C31H36Br2ClN3O4/c1-2-41-31(40)30(39)36-24-7-3-18(4-8-24)13-26(38)37-11-9-19(10-12-37)28-27-20(15-23(34)16-25(27)33)5-6-21-14-22(32)17-35-29(21)28/h14-19,24,28H,2-13H2,1H3,(H,36,39)/t18?,24?,28-/m1/s1. The van der Waals surface area contributed by atoms with Gasteiger partial charge in [-0.1, -0.05) is 27.5 Å². The van der Waals surface area contributed by atoms with E-state index in [1.54, 1.807) is 6.92 Å². The zero-order valence-electron chi connectivity index (χ0n) is 23.3. The van der Waals surface area contributed by atoms with Gasteiger partial charge < -0.3 is 15.0 Å². The summed E-state index contributed by atoms with van der Waals surface area (Å²) in [6.45, 7) is 3.35. The molecule has 1 aromatic carbocycles. The van der Waals surface area contributed by atoms with Gasteiger partial charge in [0.2, 0.25) is 5.91 Å². The average Bonchev–Trinajstić information content (AvgIpc) is 3.11. The van der Waals surface area contributed by atoms with E-state index in [-0.39, 0.29) is 24.5 Å². The summed E-state index contributed by atoms with van der Waals surface area (Å²) >= 11 is 13.9. The van der Waals surface area contributed by atoms with Gasteiger partial charge in [-0.15, -0.1) is 0 Å². The number of ether oxygens (including phenoxy) is 1. The number of nitrogens with one attached hydrogen (secondary N) is 1. The van der Waals surface area contributed by atoms with Crippen molar-refractivity contribution in [1.82, 2.24) is 15.2 Å². The molecule has 0 radical (unpaired) electrons. The zero-order valence-corrected chi connectivity index (χ0v) is 27.2. The molecule has 1 aliphatic heterocycles. The van der Waals surface area contributed by atoms with Crippen molar-refractivity contribution in [3.63, 3.8) is 0 Å². The number of carbonyl (C=O) groups is 3. The van der Waals surface area contributed by atoms with Gasteiger partial charge in [-0.05, 0) is 121 Å². The van der Waals surface area contributed by atoms with Crippen molar-refractivity contribution < 1.29 is 19.1 Å². The highest BCUT2D eigenvalue weighted by molar-refractivity contribution is 9.10. The predicted octanol–water partition coefficient (Wildman–Crippen LogP) is 6.36. The summed E-state index contributed by atoms with van der Waals surface area (Å²) in [6.07, 6.45) is 9.40. The smallest absolute Gasteiger partial charge is 0.396 e. The Hall–Kier alpha value is -1.97. The minimum atomic E-state index is -0.830. The number of fused-ring (bicyclic) bond motifs is 2. The third-order valence-electron chi connectivity index (χ3n) is 8.89. The third-order valence-corrected chi connectivity index (χ3v) is 10.2. The first-order chi connectivity index (χ1) is 19.7. The van der Waals surface area contributed by atoms with Crippen LogP contribution in [0.4, 0.5) is 0 Å². The lowest BCUT2D eigenvalue weighted by Gasteiger charge is -2.38. The second-order valence-electron chi connectivity index (χ2n) is 11.5. The van der Waals surface area contributed by atoms with Crippen LogP contribution in [-0.4, -0.2) is 53.4 Å². The lowest BCUT2D eigenvalue weighted by Crippen LogP contribution is -2.43. The lowest BCUT2D eigenvalue weighted by atomic mass is 9.76. The molecular formula is C31H36Br2ClN3O4. The van der Waals surface area contributed by atoms with Gasteiger partial charge in [0, 0.05) is 51.6 Å². The molecule has 1 atom stereocenters. The van der Waals surface area contributed by atoms with Crippen LogP contribution in [0, 0.1) is 11.8 Å². The molecule has 10 heteroatoms. The lowest BCUT2D eigenvalue weighted by molar-refractivity contribution is -0.155. The first kappa shape index (κ1) is 30.5. The van der Waals surface area contributed by atoms with E-state index >= 15 is 0 Å². The van der Waals surface area contributed by atoms with E-state index in [0.29, 0.717) is 18.3 Å². The van der Waals surface area contributed by atoms with Gasteiger partial charge in [-0.2, -0.15) is 0 Å². The molecule has 2 aromatic rings. The summed E-state index contributed by atoms with van der Waals surface area (Å²) in [5.74, 6) is -0.451. The SMILES string of the molecule is CCOC(=O)C(=O)NC1CCC(CC(=O)N2CCC([C@H]3c4ncc(Br)cc4CCc4cc(Cl)cc(Br)c43)CC2)CC1. The van der Waals surface area contributed by atoms with Crippen molar-refractivity contribution >= 4 is 61.2 Å². The first-order valence-corrected chi connectivity index (χ1v) is 16.6. The molecule has 7 nitrogen and oxygen atoms in total. The third kappa shape index (κ3) is 7.16. The van der Waals surface area contributed by atoms with Crippen LogP contribution in [0.15, 0.2) is 33.3 Å². The number of hydrogen-bond acceptors (Lipinski definition) is 5. The Morgan fingerprint density at radius 1 is 1.02 bits per heavy atom. The number of aryl methyl sites for hydroxylation is 2. The maximum atomic E-state index is 13.3. The molecule has 0 bridgehead atoms. The number of hydrogen-bond donors (Lipinski definition) is 1. The van der Waals surface area contributed by atoms with Gasteiger partial charge >= 0.3 is 11.9 Å². The maximum Gasteiger partial charge on any atom is 0.396 e. The normalized spacial score (nSPS) is 22.7. The maximum absolute atomic E-state index is 13.3. The molecule has 1 aromatic heterocycles. The van der Waals surface area contributed by atoms with Crippen LogP contribution in [-0.2, 0) is 32.0 Å². The van der Waals surface area contributed by atoms with E-state index in [2.05, 4.69) is 49.3 Å². The minimum Gasteiger partial charge on any atom is -0.459 e. The first-order valence-electron chi connectivity index (χ1n) is 14.6. The summed E-state index contributed by atoms with van der Waals surface area (Å²) in [5.41, 5.74) is 4.98. The second-order valence-corrected chi connectivity index (χ2v) is 13.7. The van der Waals surface area contributed by atoms with E-state index in [1.807, 2.05) is 17.2 Å². The fourth-order valence-corrected chi connectivity index (χ4v) is 8.34. The molecule has 1 saturated carbocycles. The second kappa shape index (κ2) is 13.6. The molecule has 0 unspecified atom stereocenters. The molecule has 1 saturated heterocycles. The zero-order chi connectivity index (χ0) is 29.1. The predicted molar refractivity (Wildman–Crippen MR) is 165 cm³/mol. The molecule has 2 heterocycles. The molecule has 3 aliphatic rings. The number of pyridine rings is 1. The summed E-state index contributed by atoms with van der Waals surface area (Å²) in [5, 5.41) is 3.52. The Kier molecular flexibility index (Phi) is 10.1. The number of esters is 1. The summed E-state index contributed by atoms with van der Waals surface area (Å²) < 4.78 is 6.81. The minimum absolute atomic E-state index is 0.0391. The van der Waals surface area contributed by atoms with Crippen molar-refractivity contribution in [2.24, 2.45) is 11.8 Å². The number of rotatable bonds is 5. The number of benzene rings is 1. The van der Waals surface area contributed by atoms with Crippen LogP contribution in [0.3, 0.4) is 0 Å². The van der Waals surface area contributed by atoms with Crippen molar-refractivity contribution in [3.8, 4) is 0 Å². The van der Waals surface area contributed by atoms with Crippen LogP contribution >= 0.6 is 43.5 Å². The van der Waals surface area contributed by atoms with Crippen molar-refractivity contribution in [1.29, 1.82) is 0 Å². The number of carbonyl (C=O) groups excluding carboxylic acids is 3. The largest absolute Gasteiger partial charge is 0.459 e. The number of likely N-dealkylation sites (tertiary alicyclic amines) is 1. The van der Waals surface area contributed by atoms with Gasteiger partial charge in [0.25, 0.3) is 0 Å². The molecule has 5 rings (SSSR count). The molecule has 220 valence electrons. The Labute approximate surface area is 263 Å². The number of halogens is 3. The molecular weight excluding hydrogens is 674 g/mol. The topological polar surface area (TPSA) is 88.6 Å².